The first-order chi connectivity index (χ1) is 15.2. The van der Waals surface area contributed by atoms with Crippen LogP contribution < -0.4 is 0 Å². The molecule has 0 unspecified atom stereocenters. The normalized spacial score (nSPS) is 14.6. The minimum Gasteiger partial charge on any atom is -0.338 e. The van der Waals surface area contributed by atoms with E-state index in [9.17, 15) is 9.59 Å². The molecule has 0 bridgehead atoms. The van der Waals surface area contributed by atoms with Crippen LogP contribution >= 0.6 is 34.5 Å². The van der Waals surface area contributed by atoms with E-state index in [-0.39, 0.29) is 11.8 Å². The molecule has 7 nitrogen and oxygen atoms in total. The van der Waals surface area contributed by atoms with Crippen molar-refractivity contribution in [2.45, 2.75) is 13.5 Å². The number of benzene rings is 1. The standard InChI is InChI=1S/C22H25Cl2N5O2S/c1-14-17-11-19(21(31)28-8-6-27(7-9-28)20(30)13-26(2)3)32-22(17)29(25-14)12-15-4-5-16(23)10-18(15)24/h4-5,10-11H,6-9,12-13H2,1-3H3. The molecule has 4 rings (SSSR count). The first kappa shape index (κ1) is 23.0. The van der Waals surface area contributed by atoms with Crippen molar-refractivity contribution in [2.24, 2.45) is 0 Å². The number of nitrogens with zero attached hydrogens (tertiary/aromatic N) is 5. The van der Waals surface area contributed by atoms with E-state index in [0.717, 1.165) is 21.5 Å². The number of likely N-dealkylation sites (N-methyl/N-ethyl adjacent to an activating group) is 1. The van der Waals surface area contributed by atoms with Gasteiger partial charge in [-0.2, -0.15) is 5.10 Å². The summed E-state index contributed by atoms with van der Waals surface area (Å²) >= 11 is 13.8. The molecule has 170 valence electrons. The van der Waals surface area contributed by atoms with Crippen LogP contribution in [0.3, 0.4) is 0 Å². The van der Waals surface area contributed by atoms with Crippen molar-refractivity contribution < 1.29 is 9.59 Å². The number of thiophene rings is 1. The third-order valence-corrected chi connectivity index (χ3v) is 7.25. The zero-order valence-corrected chi connectivity index (χ0v) is 20.6. The Balaban J connectivity index is 1.49. The lowest BCUT2D eigenvalue weighted by Gasteiger charge is -2.35. The number of rotatable bonds is 5. The maximum atomic E-state index is 13.2. The van der Waals surface area contributed by atoms with Crippen LogP contribution in [0.4, 0.5) is 0 Å². The van der Waals surface area contributed by atoms with Crippen molar-refractivity contribution in [3.05, 3.63) is 50.4 Å². The third-order valence-electron chi connectivity index (χ3n) is 5.52. The summed E-state index contributed by atoms with van der Waals surface area (Å²) in [7, 11) is 3.76. The Hall–Kier alpha value is -2.13. The van der Waals surface area contributed by atoms with E-state index in [1.165, 1.54) is 11.3 Å². The van der Waals surface area contributed by atoms with Crippen LogP contribution in [0.25, 0.3) is 10.2 Å². The van der Waals surface area contributed by atoms with Gasteiger partial charge in [0.05, 0.1) is 23.7 Å². The number of carbonyl (C=O) groups is 2. The van der Waals surface area contributed by atoms with Gasteiger partial charge in [-0.25, -0.2) is 0 Å². The van der Waals surface area contributed by atoms with Crippen LogP contribution in [0.15, 0.2) is 24.3 Å². The first-order valence-corrected chi connectivity index (χ1v) is 11.9. The van der Waals surface area contributed by atoms with Crippen molar-refractivity contribution in [3.63, 3.8) is 0 Å². The molecule has 1 aliphatic heterocycles. The fourth-order valence-electron chi connectivity index (χ4n) is 3.82. The molecule has 2 aromatic heterocycles. The quantitative estimate of drug-likeness (QED) is 0.544. The smallest absolute Gasteiger partial charge is 0.264 e. The van der Waals surface area contributed by atoms with Gasteiger partial charge in [-0.05, 0) is 44.8 Å². The molecule has 1 aromatic carbocycles. The lowest BCUT2D eigenvalue weighted by molar-refractivity contribution is -0.133. The molecular formula is C22H25Cl2N5O2S. The number of fused-ring (bicyclic) bond motifs is 1. The van der Waals surface area contributed by atoms with Gasteiger partial charge in [0.2, 0.25) is 5.91 Å². The van der Waals surface area contributed by atoms with Crippen LogP contribution in [0, 0.1) is 6.92 Å². The molecule has 0 spiro atoms. The molecule has 0 atom stereocenters. The second-order valence-corrected chi connectivity index (χ2v) is 10.1. The van der Waals surface area contributed by atoms with Crippen LogP contribution in [-0.4, -0.2) is 83.1 Å². The fraction of sp³-hybridized carbons (Fsp3) is 0.409. The summed E-state index contributed by atoms with van der Waals surface area (Å²) in [5.74, 6) is 0.0990. The van der Waals surface area contributed by atoms with Crippen molar-refractivity contribution >= 4 is 56.6 Å². The molecule has 0 radical (unpaired) electrons. The van der Waals surface area contributed by atoms with Gasteiger partial charge in [0.1, 0.15) is 4.83 Å². The highest BCUT2D eigenvalue weighted by Crippen LogP contribution is 2.31. The first-order valence-electron chi connectivity index (χ1n) is 10.4. The van der Waals surface area contributed by atoms with E-state index in [0.29, 0.717) is 54.2 Å². The zero-order chi connectivity index (χ0) is 23.0. The molecule has 1 saturated heterocycles. The van der Waals surface area contributed by atoms with Gasteiger partial charge >= 0.3 is 0 Å². The number of aromatic nitrogens is 2. The number of hydrogen-bond donors (Lipinski definition) is 0. The maximum Gasteiger partial charge on any atom is 0.264 e. The topological polar surface area (TPSA) is 61.7 Å². The molecule has 0 N–H and O–H groups in total. The Morgan fingerprint density at radius 1 is 1.09 bits per heavy atom. The van der Waals surface area contributed by atoms with Crippen molar-refractivity contribution in [3.8, 4) is 0 Å². The maximum absolute atomic E-state index is 13.2. The van der Waals surface area contributed by atoms with E-state index >= 15 is 0 Å². The monoisotopic (exact) mass is 493 g/mol. The molecular weight excluding hydrogens is 469 g/mol. The van der Waals surface area contributed by atoms with E-state index in [2.05, 4.69) is 5.10 Å². The predicted molar refractivity (Wildman–Crippen MR) is 129 cm³/mol. The third kappa shape index (κ3) is 4.78. The molecule has 2 amide bonds. The summed E-state index contributed by atoms with van der Waals surface area (Å²) < 4.78 is 1.89. The molecule has 0 saturated carbocycles. The molecule has 3 aromatic rings. The summed E-state index contributed by atoms with van der Waals surface area (Å²) in [5, 5.41) is 6.79. The summed E-state index contributed by atoms with van der Waals surface area (Å²) in [4.78, 5) is 32.6. The van der Waals surface area contributed by atoms with E-state index < -0.39 is 0 Å². The van der Waals surface area contributed by atoms with Crippen LogP contribution in [0.2, 0.25) is 10.0 Å². The molecule has 3 heterocycles. The highest BCUT2D eigenvalue weighted by atomic mass is 35.5. The Bertz CT molecular complexity index is 1160. The van der Waals surface area contributed by atoms with Gasteiger partial charge in [0.25, 0.3) is 5.91 Å². The number of amides is 2. The van der Waals surface area contributed by atoms with Gasteiger partial charge in [-0.15, -0.1) is 11.3 Å². The van der Waals surface area contributed by atoms with Gasteiger partial charge in [0.15, 0.2) is 0 Å². The fourth-order valence-corrected chi connectivity index (χ4v) is 5.42. The Morgan fingerprint density at radius 3 is 2.44 bits per heavy atom. The minimum absolute atomic E-state index is 0.00128. The molecule has 10 heteroatoms. The SMILES string of the molecule is Cc1nn(Cc2ccc(Cl)cc2Cl)c2sc(C(=O)N3CCN(C(=O)CN(C)C)CC3)cc12. The second kappa shape index (κ2) is 9.39. The number of carbonyl (C=O) groups excluding carboxylic acids is 2. The predicted octanol–water partition coefficient (Wildman–Crippen LogP) is 3.61. The Labute approximate surface area is 201 Å². The number of aryl methyl sites for hydroxylation is 1. The second-order valence-electron chi connectivity index (χ2n) is 8.22. The van der Waals surface area contributed by atoms with Crippen molar-refractivity contribution in [2.75, 3.05) is 46.8 Å². The van der Waals surface area contributed by atoms with E-state index in [1.807, 2.05) is 58.6 Å². The van der Waals surface area contributed by atoms with Crippen LogP contribution in [0.5, 0.6) is 0 Å². The largest absolute Gasteiger partial charge is 0.338 e. The number of piperazine rings is 1. The lowest BCUT2D eigenvalue weighted by Crippen LogP contribution is -2.52. The van der Waals surface area contributed by atoms with Gasteiger partial charge in [-0.3, -0.25) is 14.3 Å². The van der Waals surface area contributed by atoms with E-state index in [1.54, 1.807) is 6.07 Å². The number of halogens is 2. The average molecular weight is 494 g/mol. The van der Waals surface area contributed by atoms with Crippen molar-refractivity contribution in [1.82, 2.24) is 24.5 Å². The summed E-state index contributed by atoms with van der Waals surface area (Å²) in [6, 6.07) is 7.35. The molecule has 0 aliphatic carbocycles. The summed E-state index contributed by atoms with van der Waals surface area (Å²) in [5.41, 5.74) is 1.79. The van der Waals surface area contributed by atoms with Crippen molar-refractivity contribution in [1.29, 1.82) is 0 Å². The highest BCUT2D eigenvalue weighted by Gasteiger charge is 2.27. The zero-order valence-electron chi connectivity index (χ0n) is 18.3. The van der Waals surface area contributed by atoms with Crippen LogP contribution in [-0.2, 0) is 11.3 Å². The molecule has 1 aliphatic rings. The Kier molecular flexibility index (Phi) is 6.76. The molecule has 32 heavy (non-hydrogen) atoms. The average Bonchev–Trinajstić information content (AvgIpc) is 3.30. The molecule has 1 fully saturated rings. The Morgan fingerprint density at radius 2 is 1.78 bits per heavy atom. The minimum atomic E-state index is 0.00128. The van der Waals surface area contributed by atoms with Gasteiger partial charge < -0.3 is 14.7 Å². The lowest BCUT2D eigenvalue weighted by atomic mass is 10.2. The summed E-state index contributed by atoms with van der Waals surface area (Å²) in [6.45, 7) is 5.03. The summed E-state index contributed by atoms with van der Waals surface area (Å²) in [6.07, 6.45) is 0. The van der Waals surface area contributed by atoms with Gasteiger partial charge in [-0.1, -0.05) is 29.3 Å². The number of hydrogen-bond acceptors (Lipinski definition) is 5. The highest BCUT2D eigenvalue weighted by molar-refractivity contribution is 7.20. The van der Waals surface area contributed by atoms with Gasteiger partial charge in [0, 0.05) is 41.6 Å². The van der Waals surface area contributed by atoms with E-state index in [4.69, 9.17) is 23.2 Å². The van der Waals surface area contributed by atoms with Crippen LogP contribution in [0.1, 0.15) is 20.9 Å².